The van der Waals surface area contributed by atoms with Gasteiger partial charge in [-0.25, -0.2) is 18.0 Å². The number of benzene rings is 1. The first-order valence-corrected chi connectivity index (χ1v) is 5.66. The van der Waals surface area contributed by atoms with Gasteiger partial charge in [-0.05, 0) is 12.1 Å². The lowest BCUT2D eigenvalue weighted by atomic mass is 10.1. The summed E-state index contributed by atoms with van der Waals surface area (Å²) >= 11 is 0. The molecule has 0 unspecified atom stereocenters. The highest BCUT2D eigenvalue weighted by Crippen LogP contribution is 2.26. The Morgan fingerprint density at radius 1 is 1.24 bits per heavy atom. The third-order valence-electron chi connectivity index (χ3n) is 2.64. The zero-order chi connectivity index (χ0) is 15.6. The van der Waals surface area contributed by atoms with Crippen molar-refractivity contribution in [1.29, 1.82) is 0 Å². The molecule has 0 fully saturated rings. The van der Waals surface area contributed by atoms with Crippen LogP contribution in [0.4, 0.5) is 18.9 Å². The van der Waals surface area contributed by atoms with E-state index in [0.717, 1.165) is 7.11 Å². The fraction of sp³-hybridized carbons (Fsp3) is 0.0769. The largest absolute Gasteiger partial charge is 0.465 e. The molecule has 5 nitrogen and oxygen atoms in total. The van der Waals surface area contributed by atoms with E-state index in [4.69, 9.17) is 0 Å². The standard InChI is InChI=1S/C13H9F3N2O3/c1-21-13(20)9-6(14)5-7(15)11(10(9)16)18-12(19)8-3-2-4-17-8/h2-5,17H,1H3,(H,18,19). The maximum absolute atomic E-state index is 14.0. The second-order valence-electron chi connectivity index (χ2n) is 3.93. The van der Waals surface area contributed by atoms with Crippen LogP contribution in [0.5, 0.6) is 0 Å². The lowest BCUT2D eigenvalue weighted by Crippen LogP contribution is -2.18. The first kappa shape index (κ1) is 14.6. The van der Waals surface area contributed by atoms with E-state index in [1.807, 2.05) is 5.32 Å². The molecule has 0 saturated carbocycles. The number of hydrogen-bond donors (Lipinski definition) is 2. The van der Waals surface area contributed by atoms with E-state index in [-0.39, 0.29) is 5.69 Å². The van der Waals surface area contributed by atoms with Crippen LogP contribution in [-0.2, 0) is 4.74 Å². The molecule has 1 amide bonds. The molecule has 0 aliphatic carbocycles. The van der Waals surface area contributed by atoms with E-state index in [1.165, 1.54) is 18.3 Å². The average molecular weight is 298 g/mol. The summed E-state index contributed by atoms with van der Waals surface area (Å²) in [7, 11) is 0.918. The molecule has 1 aromatic carbocycles. The number of H-pyrrole nitrogens is 1. The second kappa shape index (κ2) is 5.70. The number of methoxy groups -OCH3 is 1. The highest BCUT2D eigenvalue weighted by Gasteiger charge is 2.26. The molecular formula is C13H9F3N2O3. The molecule has 21 heavy (non-hydrogen) atoms. The van der Waals surface area contributed by atoms with Crippen LogP contribution in [-0.4, -0.2) is 24.0 Å². The number of amides is 1. The van der Waals surface area contributed by atoms with Crippen LogP contribution < -0.4 is 5.32 Å². The first-order valence-electron chi connectivity index (χ1n) is 5.66. The topological polar surface area (TPSA) is 71.2 Å². The Kier molecular flexibility index (Phi) is 3.97. The molecule has 0 spiro atoms. The third kappa shape index (κ3) is 2.73. The molecule has 0 aliphatic rings. The van der Waals surface area contributed by atoms with E-state index in [9.17, 15) is 22.8 Å². The van der Waals surface area contributed by atoms with E-state index >= 15 is 0 Å². The third-order valence-corrected chi connectivity index (χ3v) is 2.64. The Hall–Kier alpha value is -2.77. The molecular weight excluding hydrogens is 289 g/mol. The molecule has 110 valence electrons. The van der Waals surface area contributed by atoms with Crippen LogP contribution in [0.1, 0.15) is 20.8 Å². The number of anilines is 1. The van der Waals surface area contributed by atoms with E-state index in [0.29, 0.717) is 6.07 Å². The molecule has 2 aromatic rings. The van der Waals surface area contributed by atoms with Gasteiger partial charge in [0, 0.05) is 12.3 Å². The van der Waals surface area contributed by atoms with E-state index < -0.39 is 40.6 Å². The summed E-state index contributed by atoms with van der Waals surface area (Å²) in [5.41, 5.74) is -1.98. The van der Waals surface area contributed by atoms with Crippen molar-refractivity contribution in [3.05, 3.63) is 53.1 Å². The predicted molar refractivity (Wildman–Crippen MR) is 66.4 cm³/mol. The Morgan fingerprint density at radius 2 is 1.95 bits per heavy atom. The number of esters is 1. The van der Waals surface area contributed by atoms with Crippen LogP contribution in [0, 0.1) is 17.5 Å². The average Bonchev–Trinajstić information content (AvgIpc) is 2.96. The van der Waals surface area contributed by atoms with Crippen molar-refractivity contribution in [3.63, 3.8) is 0 Å². The number of ether oxygens (including phenoxy) is 1. The van der Waals surface area contributed by atoms with Gasteiger partial charge in [0.2, 0.25) is 0 Å². The van der Waals surface area contributed by atoms with Gasteiger partial charge in [0.15, 0.2) is 11.6 Å². The van der Waals surface area contributed by atoms with Crippen molar-refractivity contribution in [2.45, 2.75) is 0 Å². The monoisotopic (exact) mass is 298 g/mol. The minimum Gasteiger partial charge on any atom is -0.465 e. The minimum atomic E-state index is -1.54. The zero-order valence-corrected chi connectivity index (χ0v) is 10.7. The maximum atomic E-state index is 14.0. The number of rotatable bonds is 3. The molecule has 8 heteroatoms. The van der Waals surface area contributed by atoms with Gasteiger partial charge in [-0.2, -0.15) is 0 Å². The molecule has 0 radical (unpaired) electrons. The Morgan fingerprint density at radius 3 is 2.52 bits per heavy atom. The van der Waals surface area contributed by atoms with E-state index in [1.54, 1.807) is 0 Å². The number of aromatic nitrogens is 1. The molecule has 1 heterocycles. The van der Waals surface area contributed by atoms with Gasteiger partial charge < -0.3 is 15.0 Å². The van der Waals surface area contributed by atoms with Gasteiger partial charge in [-0.3, -0.25) is 4.79 Å². The van der Waals surface area contributed by atoms with Gasteiger partial charge >= 0.3 is 5.97 Å². The summed E-state index contributed by atoms with van der Waals surface area (Å²) in [5, 5.41) is 1.93. The fourth-order valence-electron chi connectivity index (χ4n) is 1.65. The summed E-state index contributed by atoms with van der Waals surface area (Å²) in [6.07, 6.45) is 1.44. The number of carbonyl (C=O) groups is 2. The summed E-state index contributed by atoms with van der Waals surface area (Å²) in [6, 6.07) is 3.17. The minimum absolute atomic E-state index is 0.0396. The Labute approximate surface area is 116 Å². The lowest BCUT2D eigenvalue weighted by Gasteiger charge is -2.10. The smallest absolute Gasteiger partial charge is 0.343 e. The zero-order valence-electron chi connectivity index (χ0n) is 10.7. The summed E-state index contributed by atoms with van der Waals surface area (Å²) in [5.74, 6) is -6.48. The molecule has 0 bridgehead atoms. The number of nitrogens with one attached hydrogen (secondary N) is 2. The van der Waals surface area contributed by atoms with E-state index in [2.05, 4.69) is 9.72 Å². The number of carbonyl (C=O) groups excluding carboxylic acids is 2. The predicted octanol–water partition coefficient (Wildman–Crippen LogP) is 2.47. The normalized spacial score (nSPS) is 10.3. The van der Waals surface area contributed by atoms with Gasteiger partial charge in [0.1, 0.15) is 22.8 Å². The van der Waals surface area contributed by atoms with Crippen molar-refractivity contribution >= 4 is 17.6 Å². The molecule has 1 aromatic heterocycles. The van der Waals surface area contributed by atoms with Crippen molar-refractivity contribution in [2.24, 2.45) is 0 Å². The summed E-state index contributed by atoms with van der Waals surface area (Å²) in [6.45, 7) is 0. The van der Waals surface area contributed by atoms with Gasteiger partial charge in [-0.1, -0.05) is 0 Å². The van der Waals surface area contributed by atoms with Crippen molar-refractivity contribution < 1.29 is 27.5 Å². The number of hydrogen-bond acceptors (Lipinski definition) is 3. The molecule has 0 aliphatic heterocycles. The van der Waals surface area contributed by atoms with Crippen LogP contribution >= 0.6 is 0 Å². The fourth-order valence-corrected chi connectivity index (χ4v) is 1.65. The van der Waals surface area contributed by atoms with Gasteiger partial charge in [0.05, 0.1) is 7.11 Å². The highest BCUT2D eigenvalue weighted by atomic mass is 19.1. The molecule has 2 rings (SSSR count). The highest BCUT2D eigenvalue weighted by molar-refractivity contribution is 6.03. The molecule has 2 N–H and O–H groups in total. The van der Waals surface area contributed by atoms with Crippen LogP contribution in [0.2, 0.25) is 0 Å². The van der Waals surface area contributed by atoms with Crippen LogP contribution in [0.3, 0.4) is 0 Å². The van der Waals surface area contributed by atoms with Crippen LogP contribution in [0.15, 0.2) is 24.4 Å². The number of aromatic amines is 1. The Balaban J connectivity index is 2.44. The SMILES string of the molecule is COC(=O)c1c(F)cc(F)c(NC(=O)c2ccc[nH]2)c1F. The quantitative estimate of drug-likeness (QED) is 0.855. The molecule has 0 saturated heterocycles. The van der Waals surface area contributed by atoms with Gasteiger partial charge in [0.25, 0.3) is 5.91 Å². The first-order chi connectivity index (χ1) is 9.95. The Bertz CT molecular complexity index is 699. The maximum Gasteiger partial charge on any atom is 0.343 e. The second-order valence-corrected chi connectivity index (χ2v) is 3.93. The molecule has 0 atom stereocenters. The van der Waals surface area contributed by atoms with Crippen molar-refractivity contribution in [2.75, 3.05) is 12.4 Å². The summed E-state index contributed by atoms with van der Waals surface area (Å²) < 4.78 is 45.3. The number of halogens is 3. The van der Waals surface area contributed by atoms with Crippen molar-refractivity contribution in [1.82, 2.24) is 4.98 Å². The lowest BCUT2D eigenvalue weighted by molar-refractivity contribution is 0.0589. The summed E-state index contributed by atoms with van der Waals surface area (Å²) in [4.78, 5) is 25.6. The van der Waals surface area contributed by atoms with Crippen molar-refractivity contribution in [3.8, 4) is 0 Å². The van der Waals surface area contributed by atoms with Gasteiger partial charge in [-0.15, -0.1) is 0 Å². The van der Waals surface area contributed by atoms with Crippen LogP contribution in [0.25, 0.3) is 0 Å².